The minimum Gasteiger partial charge on any atom is -0.495 e. The Morgan fingerprint density at radius 1 is 1.26 bits per heavy atom. The van der Waals surface area contributed by atoms with E-state index in [4.69, 9.17) is 15.2 Å². The molecular weight excluding hydrogens is 364 g/mol. The largest absolute Gasteiger partial charge is 0.495 e. The number of pyridine rings is 1. The zero-order valence-electron chi connectivity index (χ0n) is 15.1. The van der Waals surface area contributed by atoms with Crippen LogP contribution in [-0.4, -0.2) is 38.9 Å². The normalized spacial score (nSPS) is 18.3. The van der Waals surface area contributed by atoms with Crippen LogP contribution in [0.3, 0.4) is 0 Å². The van der Waals surface area contributed by atoms with Gasteiger partial charge in [-0.1, -0.05) is 0 Å². The Hall–Kier alpha value is -2.81. The molecule has 3 aromatic rings. The number of rotatable bonds is 7. The van der Waals surface area contributed by atoms with Crippen molar-refractivity contribution in [2.75, 3.05) is 19.5 Å². The molecule has 27 heavy (non-hydrogen) atoms. The van der Waals surface area contributed by atoms with Crippen molar-refractivity contribution >= 4 is 17.3 Å². The average Bonchev–Trinajstić information content (AvgIpc) is 3.33. The van der Waals surface area contributed by atoms with Gasteiger partial charge < -0.3 is 15.2 Å². The van der Waals surface area contributed by atoms with E-state index in [0.29, 0.717) is 30.7 Å². The topological polar surface area (TPSA) is 109 Å². The number of ether oxygens (including phenoxy) is 2. The van der Waals surface area contributed by atoms with E-state index in [0.717, 1.165) is 33.6 Å². The third-order valence-electron chi connectivity index (χ3n) is 4.42. The second-order valence-electron chi connectivity index (χ2n) is 6.48. The fourth-order valence-corrected chi connectivity index (χ4v) is 3.66. The van der Waals surface area contributed by atoms with Crippen molar-refractivity contribution in [1.82, 2.24) is 25.1 Å². The van der Waals surface area contributed by atoms with Crippen LogP contribution >= 0.6 is 11.3 Å². The lowest BCUT2D eigenvalue weighted by Gasteiger charge is -2.07. The fraction of sp³-hybridized carbons (Fsp3) is 0.389. The summed E-state index contributed by atoms with van der Waals surface area (Å²) in [7, 11) is 1.64. The van der Waals surface area contributed by atoms with Gasteiger partial charge in [-0.15, -0.1) is 21.5 Å². The van der Waals surface area contributed by atoms with E-state index in [2.05, 4.69) is 25.1 Å². The van der Waals surface area contributed by atoms with Crippen LogP contribution in [0.1, 0.15) is 33.7 Å². The van der Waals surface area contributed by atoms with Crippen LogP contribution in [0, 0.1) is 12.8 Å². The standard InChI is InChI=1S/C18H20N6O2S/c1-10-23-24-17(27-10)7-12-6-16(22-18(19)21-12)26-9-11-5-14(11)15-4-3-13(25-2)8-20-15/h3-4,6,8,11,14H,5,7,9H2,1-2H3,(H2,19,21,22)/t11-,14+/m1/s1. The molecule has 1 aliphatic rings. The molecule has 3 heterocycles. The highest BCUT2D eigenvalue weighted by Gasteiger charge is 2.40. The number of nitrogens with two attached hydrogens (primary N) is 1. The molecule has 0 aliphatic heterocycles. The van der Waals surface area contributed by atoms with Crippen molar-refractivity contribution in [2.45, 2.75) is 25.7 Å². The number of hydrogen-bond donors (Lipinski definition) is 1. The van der Waals surface area contributed by atoms with Crippen molar-refractivity contribution in [3.05, 3.63) is 45.8 Å². The van der Waals surface area contributed by atoms with Crippen LogP contribution < -0.4 is 15.2 Å². The summed E-state index contributed by atoms with van der Waals surface area (Å²) >= 11 is 1.54. The van der Waals surface area contributed by atoms with E-state index >= 15 is 0 Å². The lowest BCUT2D eigenvalue weighted by Crippen LogP contribution is -2.07. The predicted octanol–water partition coefficient (Wildman–Crippen LogP) is 2.40. The Morgan fingerprint density at radius 2 is 2.15 bits per heavy atom. The lowest BCUT2D eigenvalue weighted by molar-refractivity contribution is 0.285. The summed E-state index contributed by atoms with van der Waals surface area (Å²) in [6, 6.07) is 5.76. The predicted molar refractivity (Wildman–Crippen MR) is 101 cm³/mol. The minimum atomic E-state index is 0.202. The van der Waals surface area contributed by atoms with Gasteiger partial charge in [-0.25, -0.2) is 4.98 Å². The van der Waals surface area contributed by atoms with Crippen molar-refractivity contribution in [3.8, 4) is 11.6 Å². The van der Waals surface area contributed by atoms with Crippen molar-refractivity contribution in [1.29, 1.82) is 0 Å². The monoisotopic (exact) mass is 384 g/mol. The van der Waals surface area contributed by atoms with E-state index in [1.165, 1.54) is 0 Å². The Balaban J connectivity index is 1.35. The first-order valence-corrected chi connectivity index (χ1v) is 9.47. The summed E-state index contributed by atoms with van der Waals surface area (Å²) in [6.07, 6.45) is 3.37. The first-order chi connectivity index (χ1) is 13.1. The highest BCUT2D eigenvalue weighted by atomic mass is 32.1. The molecule has 1 fully saturated rings. The highest BCUT2D eigenvalue weighted by molar-refractivity contribution is 7.11. The second kappa shape index (κ2) is 7.43. The molecule has 1 saturated carbocycles. The number of methoxy groups -OCH3 is 1. The molecule has 2 atom stereocenters. The van der Waals surface area contributed by atoms with Gasteiger partial charge in [0.1, 0.15) is 15.8 Å². The van der Waals surface area contributed by atoms with Gasteiger partial charge in [0.05, 0.1) is 25.6 Å². The number of anilines is 1. The maximum atomic E-state index is 5.87. The van der Waals surface area contributed by atoms with Crippen molar-refractivity contribution in [3.63, 3.8) is 0 Å². The molecule has 9 heteroatoms. The Bertz CT molecular complexity index is 930. The van der Waals surface area contributed by atoms with Crippen LogP contribution in [0.15, 0.2) is 24.4 Å². The molecule has 0 aromatic carbocycles. The Kier molecular flexibility index (Phi) is 4.85. The zero-order valence-corrected chi connectivity index (χ0v) is 15.9. The van der Waals surface area contributed by atoms with Gasteiger partial charge in [0.25, 0.3) is 0 Å². The van der Waals surface area contributed by atoms with Crippen LogP contribution in [-0.2, 0) is 6.42 Å². The van der Waals surface area contributed by atoms with Crippen LogP contribution in [0.4, 0.5) is 5.95 Å². The van der Waals surface area contributed by atoms with Crippen molar-refractivity contribution in [2.24, 2.45) is 5.92 Å². The van der Waals surface area contributed by atoms with E-state index in [-0.39, 0.29) is 5.95 Å². The van der Waals surface area contributed by atoms with E-state index in [1.807, 2.05) is 25.1 Å². The quantitative estimate of drug-likeness (QED) is 0.661. The minimum absolute atomic E-state index is 0.202. The number of nitrogens with zero attached hydrogens (tertiary/aromatic N) is 5. The average molecular weight is 384 g/mol. The van der Waals surface area contributed by atoms with Gasteiger partial charge in [-0.3, -0.25) is 4.98 Å². The maximum absolute atomic E-state index is 5.87. The molecule has 1 aliphatic carbocycles. The third-order valence-corrected chi connectivity index (χ3v) is 5.25. The van der Waals surface area contributed by atoms with E-state index < -0.39 is 0 Å². The summed E-state index contributed by atoms with van der Waals surface area (Å²) < 4.78 is 11.0. The van der Waals surface area contributed by atoms with Gasteiger partial charge in [-0.2, -0.15) is 4.98 Å². The molecular formula is C18H20N6O2S. The molecule has 0 radical (unpaired) electrons. The number of aromatic nitrogens is 5. The Labute approximate surface area is 160 Å². The summed E-state index contributed by atoms with van der Waals surface area (Å²) in [5, 5.41) is 9.96. The molecule has 8 nitrogen and oxygen atoms in total. The van der Waals surface area contributed by atoms with Crippen molar-refractivity contribution < 1.29 is 9.47 Å². The van der Waals surface area contributed by atoms with Gasteiger partial charge >= 0.3 is 0 Å². The van der Waals surface area contributed by atoms with Gasteiger partial charge in [0.15, 0.2) is 0 Å². The molecule has 2 N–H and O–H groups in total. The first-order valence-electron chi connectivity index (χ1n) is 8.66. The van der Waals surface area contributed by atoms with Gasteiger partial charge in [0.2, 0.25) is 11.8 Å². The van der Waals surface area contributed by atoms with Crippen LogP contribution in [0.2, 0.25) is 0 Å². The number of nitrogen functional groups attached to an aromatic ring is 1. The summed E-state index contributed by atoms with van der Waals surface area (Å²) in [5.41, 5.74) is 7.67. The Morgan fingerprint density at radius 3 is 2.85 bits per heavy atom. The maximum Gasteiger partial charge on any atom is 0.223 e. The lowest BCUT2D eigenvalue weighted by atomic mass is 10.2. The highest BCUT2D eigenvalue weighted by Crippen LogP contribution is 2.46. The zero-order chi connectivity index (χ0) is 18.8. The second-order valence-corrected chi connectivity index (χ2v) is 7.75. The van der Waals surface area contributed by atoms with Gasteiger partial charge in [-0.05, 0) is 25.5 Å². The molecule has 0 amide bonds. The molecule has 140 valence electrons. The summed E-state index contributed by atoms with van der Waals surface area (Å²) in [4.78, 5) is 12.9. The summed E-state index contributed by atoms with van der Waals surface area (Å²) in [5.74, 6) is 2.30. The van der Waals surface area contributed by atoms with Crippen LogP contribution in [0.5, 0.6) is 11.6 Å². The number of hydrogen-bond acceptors (Lipinski definition) is 9. The number of aryl methyl sites for hydroxylation is 1. The third kappa shape index (κ3) is 4.30. The molecule has 0 unspecified atom stereocenters. The molecule has 3 aromatic heterocycles. The first kappa shape index (κ1) is 17.6. The SMILES string of the molecule is COc1ccc([C@H]2C[C@@H]2COc2cc(Cc3nnc(C)s3)nc(N)n2)nc1. The van der Waals surface area contributed by atoms with Gasteiger partial charge in [0, 0.05) is 30.0 Å². The summed E-state index contributed by atoms with van der Waals surface area (Å²) in [6.45, 7) is 2.50. The molecule has 0 bridgehead atoms. The molecule has 0 spiro atoms. The molecule has 4 rings (SSSR count). The fourth-order valence-electron chi connectivity index (χ4n) is 2.94. The van der Waals surface area contributed by atoms with E-state index in [9.17, 15) is 0 Å². The van der Waals surface area contributed by atoms with E-state index in [1.54, 1.807) is 24.6 Å². The van der Waals surface area contributed by atoms with Crippen LogP contribution in [0.25, 0.3) is 0 Å². The smallest absolute Gasteiger partial charge is 0.223 e. The molecule has 0 saturated heterocycles.